The number of benzene rings is 5. The SMILES string of the molecule is Cc1ccc(C)c2c1ccc1c3c(c4ccc5c(C)ccc(C)c5c4c12)C(=O)C=CC3=O. The highest BCUT2D eigenvalue weighted by atomic mass is 16.1. The fourth-order valence-electron chi connectivity index (χ4n) is 5.56. The summed E-state index contributed by atoms with van der Waals surface area (Å²) in [6, 6.07) is 16.9. The van der Waals surface area contributed by atoms with E-state index in [1.807, 2.05) is 12.1 Å². The molecule has 0 heterocycles. The van der Waals surface area contributed by atoms with E-state index in [0.717, 1.165) is 21.5 Å². The summed E-state index contributed by atoms with van der Waals surface area (Å²) in [6.07, 6.45) is 2.83. The molecule has 1 aliphatic carbocycles. The lowest BCUT2D eigenvalue weighted by molar-refractivity contribution is 0.0996. The topological polar surface area (TPSA) is 34.1 Å². The van der Waals surface area contributed by atoms with Crippen LogP contribution in [0.2, 0.25) is 0 Å². The molecular formula is C30H22O2. The van der Waals surface area contributed by atoms with Gasteiger partial charge in [0.25, 0.3) is 0 Å². The van der Waals surface area contributed by atoms with Crippen molar-refractivity contribution in [3.63, 3.8) is 0 Å². The molecule has 5 aromatic rings. The quantitative estimate of drug-likeness (QED) is 0.246. The highest BCUT2D eigenvalue weighted by Gasteiger charge is 2.27. The van der Waals surface area contributed by atoms with E-state index >= 15 is 0 Å². The Morgan fingerprint density at radius 1 is 0.406 bits per heavy atom. The van der Waals surface area contributed by atoms with E-state index in [0.29, 0.717) is 11.1 Å². The summed E-state index contributed by atoms with van der Waals surface area (Å²) in [5, 5.41) is 8.59. The number of allylic oxidation sites excluding steroid dienone is 2. The molecule has 0 radical (unpaired) electrons. The number of carbonyl (C=O) groups excluding carboxylic acids is 2. The van der Waals surface area contributed by atoms with E-state index in [1.54, 1.807) is 0 Å². The standard InChI is InChI=1S/C30H22O2/c1-15-5-7-17(3)25-19(15)9-11-21-27-23(31)13-14-24(32)28(27)22-12-10-20-16(2)6-8-18(4)26(20)30(22)29(21)25/h5-14H,1-4H3. The molecule has 6 rings (SSSR count). The number of fused-ring (bicyclic) bond motifs is 10. The number of hydrogen-bond acceptors (Lipinski definition) is 2. The normalized spacial score (nSPS) is 13.6. The summed E-state index contributed by atoms with van der Waals surface area (Å²) in [5.41, 5.74) is 5.82. The van der Waals surface area contributed by atoms with Crippen LogP contribution in [0.4, 0.5) is 0 Å². The molecule has 0 amide bonds. The minimum atomic E-state index is -0.0998. The lowest BCUT2D eigenvalue weighted by Crippen LogP contribution is -2.13. The van der Waals surface area contributed by atoms with E-state index < -0.39 is 0 Å². The molecule has 2 heteroatoms. The van der Waals surface area contributed by atoms with Crippen LogP contribution in [0.25, 0.3) is 43.1 Å². The van der Waals surface area contributed by atoms with Gasteiger partial charge in [-0.05, 0) is 105 Å². The monoisotopic (exact) mass is 414 g/mol. The van der Waals surface area contributed by atoms with Gasteiger partial charge in [-0.15, -0.1) is 0 Å². The number of hydrogen-bond donors (Lipinski definition) is 0. The molecular weight excluding hydrogens is 392 g/mol. The van der Waals surface area contributed by atoms with Gasteiger partial charge in [0.15, 0.2) is 11.6 Å². The molecule has 0 bridgehead atoms. The van der Waals surface area contributed by atoms with Crippen LogP contribution in [0.5, 0.6) is 0 Å². The molecule has 0 aromatic heterocycles. The van der Waals surface area contributed by atoms with Crippen molar-refractivity contribution in [1.29, 1.82) is 0 Å². The maximum atomic E-state index is 13.1. The predicted octanol–water partition coefficient (Wildman–Crippen LogP) is 7.47. The molecule has 1 aliphatic rings. The van der Waals surface area contributed by atoms with Crippen molar-refractivity contribution in [3.8, 4) is 0 Å². The summed E-state index contributed by atoms with van der Waals surface area (Å²) in [6.45, 7) is 8.50. The minimum absolute atomic E-state index is 0.0998. The maximum absolute atomic E-state index is 13.1. The second-order valence-electron chi connectivity index (χ2n) is 9.03. The Bertz CT molecular complexity index is 1600. The lowest BCUT2D eigenvalue weighted by Gasteiger charge is -2.21. The molecule has 0 atom stereocenters. The van der Waals surface area contributed by atoms with Gasteiger partial charge in [-0.2, -0.15) is 0 Å². The molecule has 0 saturated carbocycles. The Morgan fingerprint density at radius 3 is 1.16 bits per heavy atom. The minimum Gasteiger partial charge on any atom is -0.289 e. The molecule has 5 aromatic carbocycles. The van der Waals surface area contributed by atoms with Crippen molar-refractivity contribution < 1.29 is 9.59 Å². The third kappa shape index (κ3) is 2.30. The fourth-order valence-corrected chi connectivity index (χ4v) is 5.56. The van der Waals surface area contributed by atoms with Gasteiger partial charge >= 0.3 is 0 Å². The first-order chi connectivity index (χ1) is 15.4. The van der Waals surface area contributed by atoms with Crippen LogP contribution < -0.4 is 0 Å². The van der Waals surface area contributed by atoms with Gasteiger partial charge in [-0.1, -0.05) is 48.5 Å². The van der Waals surface area contributed by atoms with Crippen LogP contribution in [0.1, 0.15) is 43.0 Å². The zero-order chi connectivity index (χ0) is 22.3. The fraction of sp³-hybridized carbons (Fsp3) is 0.133. The van der Waals surface area contributed by atoms with E-state index in [1.165, 1.54) is 56.0 Å². The van der Waals surface area contributed by atoms with E-state index in [4.69, 9.17) is 0 Å². The second kappa shape index (κ2) is 6.37. The molecule has 0 fully saturated rings. The van der Waals surface area contributed by atoms with Gasteiger partial charge in [0.2, 0.25) is 0 Å². The van der Waals surface area contributed by atoms with Crippen LogP contribution in [-0.2, 0) is 0 Å². The summed E-state index contributed by atoms with van der Waals surface area (Å²) in [4.78, 5) is 26.2. The van der Waals surface area contributed by atoms with Crippen molar-refractivity contribution >= 4 is 54.7 Å². The highest BCUT2D eigenvalue weighted by Crippen LogP contribution is 2.44. The van der Waals surface area contributed by atoms with Crippen molar-refractivity contribution in [2.75, 3.05) is 0 Å². The zero-order valence-electron chi connectivity index (χ0n) is 18.6. The number of rotatable bonds is 0. The summed E-state index contributed by atoms with van der Waals surface area (Å²) in [5.74, 6) is -0.200. The Morgan fingerprint density at radius 2 is 0.750 bits per heavy atom. The number of ketones is 2. The smallest absolute Gasteiger partial charge is 0.187 e. The Hall–Kier alpha value is -3.78. The average Bonchev–Trinajstić information content (AvgIpc) is 2.79. The molecule has 0 N–H and O–H groups in total. The van der Waals surface area contributed by atoms with Crippen molar-refractivity contribution in [2.45, 2.75) is 27.7 Å². The first-order valence-electron chi connectivity index (χ1n) is 11.0. The summed E-state index contributed by atoms with van der Waals surface area (Å²) < 4.78 is 0. The molecule has 0 spiro atoms. The third-order valence-electron chi connectivity index (χ3n) is 7.13. The van der Waals surface area contributed by atoms with Gasteiger partial charge in [0.05, 0.1) is 0 Å². The highest BCUT2D eigenvalue weighted by molar-refractivity contribution is 6.39. The average molecular weight is 415 g/mol. The Labute approximate surface area is 186 Å². The van der Waals surface area contributed by atoms with E-state index in [-0.39, 0.29) is 11.6 Å². The molecule has 2 nitrogen and oxygen atoms in total. The molecule has 0 unspecified atom stereocenters. The first-order valence-corrected chi connectivity index (χ1v) is 11.0. The van der Waals surface area contributed by atoms with Crippen molar-refractivity contribution in [3.05, 3.63) is 94.1 Å². The van der Waals surface area contributed by atoms with E-state index in [2.05, 4.69) is 64.1 Å². The zero-order valence-corrected chi connectivity index (χ0v) is 18.6. The number of aryl methyl sites for hydroxylation is 4. The summed E-state index contributed by atoms with van der Waals surface area (Å²) >= 11 is 0. The summed E-state index contributed by atoms with van der Waals surface area (Å²) in [7, 11) is 0. The second-order valence-corrected chi connectivity index (χ2v) is 9.03. The molecule has 0 aliphatic heterocycles. The van der Waals surface area contributed by atoms with Crippen LogP contribution in [0, 0.1) is 27.7 Å². The molecule has 0 saturated heterocycles. The number of carbonyl (C=O) groups is 2. The van der Waals surface area contributed by atoms with Crippen LogP contribution in [0.15, 0.2) is 60.7 Å². The maximum Gasteiger partial charge on any atom is 0.187 e. The predicted molar refractivity (Wildman–Crippen MR) is 133 cm³/mol. The van der Waals surface area contributed by atoms with Crippen LogP contribution >= 0.6 is 0 Å². The van der Waals surface area contributed by atoms with Gasteiger partial charge in [-0.3, -0.25) is 9.59 Å². The van der Waals surface area contributed by atoms with Crippen LogP contribution in [0.3, 0.4) is 0 Å². The van der Waals surface area contributed by atoms with Gasteiger partial charge in [0, 0.05) is 11.1 Å². The lowest BCUT2D eigenvalue weighted by atomic mass is 9.80. The largest absolute Gasteiger partial charge is 0.289 e. The van der Waals surface area contributed by atoms with Crippen molar-refractivity contribution in [1.82, 2.24) is 0 Å². The van der Waals surface area contributed by atoms with Gasteiger partial charge in [0.1, 0.15) is 0 Å². The Kier molecular flexibility index (Phi) is 3.77. The first kappa shape index (κ1) is 18.9. The van der Waals surface area contributed by atoms with Crippen molar-refractivity contribution in [2.24, 2.45) is 0 Å². The van der Waals surface area contributed by atoms with Gasteiger partial charge in [-0.25, -0.2) is 0 Å². The van der Waals surface area contributed by atoms with E-state index in [9.17, 15) is 9.59 Å². The van der Waals surface area contributed by atoms with Crippen LogP contribution in [-0.4, -0.2) is 11.6 Å². The molecule has 154 valence electrons. The van der Waals surface area contributed by atoms with Gasteiger partial charge < -0.3 is 0 Å². The third-order valence-corrected chi connectivity index (χ3v) is 7.13. The Balaban J connectivity index is 2.08. The molecule has 32 heavy (non-hydrogen) atoms.